The van der Waals surface area contributed by atoms with E-state index >= 15 is 0 Å². The zero-order valence-corrected chi connectivity index (χ0v) is 10.9. The van der Waals surface area contributed by atoms with E-state index in [2.05, 4.69) is 9.73 Å². The summed E-state index contributed by atoms with van der Waals surface area (Å²) in [6, 6.07) is -1.32. The van der Waals surface area contributed by atoms with E-state index in [9.17, 15) is 14.4 Å². The van der Waals surface area contributed by atoms with Gasteiger partial charge in [0.1, 0.15) is 12.1 Å². The normalized spacial score (nSPS) is 20.4. The first kappa shape index (κ1) is 14.4. The molecule has 0 aromatic rings. The Hall–Kier alpha value is -1.68. The smallest absolute Gasteiger partial charge is 0.328 e. The third kappa shape index (κ3) is 2.96. The number of ether oxygens (including phenoxy) is 1. The minimum atomic E-state index is -0.771. The summed E-state index contributed by atoms with van der Waals surface area (Å²) in [6.07, 6.45) is 2.77. The molecule has 100 valence electrons. The molecule has 6 heteroatoms. The Labute approximate surface area is 106 Å². The van der Waals surface area contributed by atoms with Crippen molar-refractivity contribution in [2.75, 3.05) is 13.7 Å². The Morgan fingerprint density at radius 2 is 2.11 bits per heavy atom. The van der Waals surface area contributed by atoms with Gasteiger partial charge in [-0.2, -0.15) is 4.99 Å². The van der Waals surface area contributed by atoms with Crippen molar-refractivity contribution in [3.05, 3.63) is 0 Å². The van der Waals surface area contributed by atoms with E-state index in [0.717, 1.165) is 6.42 Å². The average Bonchev–Trinajstić information content (AvgIpc) is 2.82. The molecule has 0 aliphatic carbocycles. The van der Waals surface area contributed by atoms with Crippen LogP contribution in [0, 0.1) is 5.92 Å². The van der Waals surface area contributed by atoms with Gasteiger partial charge >= 0.3 is 5.97 Å². The van der Waals surface area contributed by atoms with Crippen molar-refractivity contribution in [3.8, 4) is 0 Å². The lowest BCUT2D eigenvalue weighted by Crippen LogP contribution is -2.46. The monoisotopic (exact) mass is 254 g/mol. The Kier molecular flexibility index (Phi) is 5.04. The van der Waals surface area contributed by atoms with E-state index in [0.29, 0.717) is 13.0 Å². The predicted octanol–water partition coefficient (Wildman–Crippen LogP) is 0.511. The number of amides is 1. The molecule has 0 bridgehead atoms. The highest BCUT2D eigenvalue weighted by atomic mass is 16.5. The quantitative estimate of drug-likeness (QED) is 0.416. The Morgan fingerprint density at radius 1 is 1.44 bits per heavy atom. The summed E-state index contributed by atoms with van der Waals surface area (Å²) in [7, 11) is 1.30. The molecule has 1 aliphatic heterocycles. The van der Waals surface area contributed by atoms with Crippen LogP contribution in [0.2, 0.25) is 0 Å². The Balaban J connectivity index is 2.87. The number of esters is 1. The first-order valence-electron chi connectivity index (χ1n) is 5.98. The molecule has 1 rings (SSSR count). The van der Waals surface area contributed by atoms with Crippen LogP contribution in [0.1, 0.15) is 26.7 Å². The van der Waals surface area contributed by atoms with Gasteiger partial charge in [0.2, 0.25) is 12.0 Å². The number of methoxy groups -OCH3 is 1. The molecule has 0 aromatic carbocycles. The zero-order chi connectivity index (χ0) is 13.7. The summed E-state index contributed by atoms with van der Waals surface area (Å²) in [5.41, 5.74) is 0. The van der Waals surface area contributed by atoms with Crippen LogP contribution in [-0.4, -0.2) is 48.6 Å². The van der Waals surface area contributed by atoms with Gasteiger partial charge in [-0.25, -0.2) is 9.59 Å². The van der Waals surface area contributed by atoms with Crippen molar-refractivity contribution in [2.24, 2.45) is 10.9 Å². The first-order valence-corrected chi connectivity index (χ1v) is 5.98. The van der Waals surface area contributed by atoms with Crippen molar-refractivity contribution >= 4 is 18.0 Å². The average molecular weight is 254 g/mol. The lowest BCUT2D eigenvalue weighted by atomic mass is 10.0. The molecule has 2 atom stereocenters. The molecule has 6 nitrogen and oxygen atoms in total. The van der Waals surface area contributed by atoms with E-state index in [4.69, 9.17) is 0 Å². The second kappa shape index (κ2) is 6.31. The van der Waals surface area contributed by atoms with Crippen molar-refractivity contribution < 1.29 is 19.1 Å². The van der Waals surface area contributed by atoms with Gasteiger partial charge in [-0.05, 0) is 18.8 Å². The third-order valence-corrected chi connectivity index (χ3v) is 3.09. The Bertz CT molecular complexity index is 374. The van der Waals surface area contributed by atoms with E-state index in [1.54, 1.807) is 13.8 Å². The van der Waals surface area contributed by atoms with Crippen LogP contribution in [0.3, 0.4) is 0 Å². The number of hydrogen-bond acceptors (Lipinski definition) is 5. The number of rotatable bonds is 4. The second-order valence-electron chi connectivity index (χ2n) is 4.62. The number of aliphatic imine (C=N–C) groups is 1. The SMILES string of the molecule is COC(=O)[C@@H]1CCCN1C(=O)[C@@H](N=C=O)C(C)C. The maximum Gasteiger partial charge on any atom is 0.328 e. The van der Waals surface area contributed by atoms with Crippen molar-refractivity contribution in [2.45, 2.75) is 38.8 Å². The summed E-state index contributed by atoms with van der Waals surface area (Å²) in [5.74, 6) is -0.836. The highest BCUT2D eigenvalue weighted by Crippen LogP contribution is 2.22. The molecule has 0 radical (unpaired) electrons. The molecule has 1 saturated heterocycles. The second-order valence-corrected chi connectivity index (χ2v) is 4.62. The molecule has 0 aromatic heterocycles. The summed E-state index contributed by atoms with van der Waals surface area (Å²) in [4.78, 5) is 39.2. The van der Waals surface area contributed by atoms with Crippen molar-refractivity contribution in [1.82, 2.24) is 4.90 Å². The van der Waals surface area contributed by atoms with Gasteiger partial charge in [-0.1, -0.05) is 13.8 Å². The molecule has 1 amide bonds. The van der Waals surface area contributed by atoms with Gasteiger partial charge in [-0.15, -0.1) is 0 Å². The van der Waals surface area contributed by atoms with Gasteiger partial charge in [0, 0.05) is 6.54 Å². The number of isocyanates is 1. The van der Waals surface area contributed by atoms with E-state index in [1.807, 2.05) is 0 Å². The Morgan fingerprint density at radius 3 is 2.61 bits per heavy atom. The summed E-state index contributed by atoms with van der Waals surface area (Å²) >= 11 is 0. The molecule has 1 fully saturated rings. The molecule has 18 heavy (non-hydrogen) atoms. The minimum Gasteiger partial charge on any atom is -0.467 e. The number of hydrogen-bond donors (Lipinski definition) is 0. The highest BCUT2D eigenvalue weighted by molar-refractivity contribution is 5.88. The van der Waals surface area contributed by atoms with Crippen molar-refractivity contribution in [1.29, 1.82) is 0 Å². The fraction of sp³-hybridized carbons (Fsp3) is 0.750. The van der Waals surface area contributed by atoms with Crippen LogP contribution in [0.25, 0.3) is 0 Å². The molecule has 0 saturated carbocycles. The predicted molar refractivity (Wildman–Crippen MR) is 63.5 cm³/mol. The summed E-state index contributed by atoms with van der Waals surface area (Å²) in [5, 5.41) is 0. The van der Waals surface area contributed by atoms with Crippen LogP contribution < -0.4 is 0 Å². The van der Waals surface area contributed by atoms with Gasteiger partial charge in [0.15, 0.2) is 0 Å². The van der Waals surface area contributed by atoms with Crippen LogP contribution in [0.4, 0.5) is 0 Å². The van der Waals surface area contributed by atoms with E-state index in [-0.39, 0.29) is 11.8 Å². The summed E-state index contributed by atoms with van der Waals surface area (Å²) < 4.78 is 4.67. The van der Waals surface area contributed by atoms with E-state index in [1.165, 1.54) is 18.1 Å². The van der Waals surface area contributed by atoms with Gasteiger partial charge < -0.3 is 9.64 Å². The minimum absolute atomic E-state index is 0.113. The van der Waals surface area contributed by atoms with Crippen molar-refractivity contribution in [3.63, 3.8) is 0 Å². The maximum atomic E-state index is 12.3. The first-order chi connectivity index (χ1) is 8.52. The molecular formula is C12H18N2O4. The number of carbonyl (C=O) groups is 2. The van der Waals surface area contributed by atoms with Gasteiger partial charge in [0.25, 0.3) is 0 Å². The largest absolute Gasteiger partial charge is 0.467 e. The lowest BCUT2D eigenvalue weighted by molar-refractivity contribution is -0.151. The molecule has 0 N–H and O–H groups in total. The number of nitrogens with zero attached hydrogens (tertiary/aromatic N) is 2. The highest BCUT2D eigenvalue weighted by Gasteiger charge is 2.38. The lowest BCUT2D eigenvalue weighted by Gasteiger charge is -2.26. The molecule has 1 heterocycles. The molecular weight excluding hydrogens is 236 g/mol. The van der Waals surface area contributed by atoms with E-state index < -0.39 is 18.1 Å². The summed E-state index contributed by atoms with van der Waals surface area (Å²) in [6.45, 7) is 4.09. The molecule has 1 aliphatic rings. The molecule has 0 unspecified atom stereocenters. The third-order valence-electron chi connectivity index (χ3n) is 3.09. The number of carbonyl (C=O) groups excluding carboxylic acids is 3. The number of likely N-dealkylation sites (tertiary alicyclic amines) is 1. The zero-order valence-electron chi connectivity index (χ0n) is 10.9. The topological polar surface area (TPSA) is 76.0 Å². The standard InChI is InChI=1S/C12H18N2O4/c1-8(2)10(13-7-15)11(16)14-6-4-5-9(14)12(17)18-3/h8-10H,4-6H2,1-3H3/t9-,10-/m0/s1. The fourth-order valence-corrected chi connectivity index (χ4v) is 2.13. The van der Waals surface area contributed by atoms with Crippen LogP contribution in [0.15, 0.2) is 4.99 Å². The van der Waals surface area contributed by atoms with Gasteiger partial charge in [-0.3, -0.25) is 4.79 Å². The van der Waals surface area contributed by atoms with Crippen LogP contribution >= 0.6 is 0 Å². The molecule has 0 spiro atoms. The van der Waals surface area contributed by atoms with Crippen LogP contribution in [-0.2, 0) is 19.1 Å². The maximum absolute atomic E-state index is 12.3. The fourth-order valence-electron chi connectivity index (χ4n) is 2.13. The van der Waals surface area contributed by atoms with Gasteiger partial charge in [0.05, 0.1) is 7.11 Å². The van der Waals surface area contributed by atoms with Crippen LogP contribution in [0.5, 0.6) is 0 Å².